The van der Waals surface area contributed by atoms with Gasteiger partial charge in [0, 0.05) is 52.0 Å². The Balaban J connectivity index is 1.77. The van der Waals surface area contributed by atoms with Gasteiger partial charge in [-0.05, 0) is 57.7 Å². The molecule has 2 rings (SSSR count). The van der Waals surface area contributed by atoms with Gasteiger partial charge in [0.15, 0.2) is 0 Å². The number of carbonyl (C=O) groups is 1. The highest BCUT2D eigenvalue weighted by Gasteiger charge is 2.28. The van der Waals surface area contributed by atoms with Crippen LogP contribution in [0.1, 0.15) is 38.2 Å². The van der Waals surface area contributed by atoms with E-state index in [0.717, 1.165) is 57.7 Å². The van der Waals surface area contributed by atoms with Gasteiger partial charge in [0.1, 0.15) is 0 Å². The number of rotatable bonds is 8. The molecule has 1 aromatic rings. The number of anilines is 1. The summed E-state index contributed by atoms with van der Waals surface area (Å²) in [6, 6.07) is 0. The Morgan fingerprint density at radius 1 is 1.04 bits per heavy atom. The van der Waals surface area contributed by atoms with Crippen LogP contribution in [-0.2, 0) is 11.2 Å². The highest BCUT2D eigenvalue weighted by Crippen LogP contribution is 2.30. The lowest BCUT2D eigenvalue weighted by Crippen LogP contribution is -2.39. The molecule has 1 saturated carbocycles. The molecule has 1 heterocycles. The normalized spacial score (nSPS) is 20.2. The van der Waals surface area contributed by atoms with Crippen LogP contribution >= 0.6 is 0 Å². The summed E-state index contributed by atoms with van der Waals surface area (Å²) in [5, 5.41) is 0. The molecule has 26 heavy (non-hydrogen) atoms. The van der Waals surface area contributed by atoms with Crippen LogP contribution in [0, 0.1) is 11.8 Å². The Kier molecular flexibility index (Phi) is 7.82. The number of carbonyl (C=O) groups excluding carboxylic acids is 1. The predicted octanol–water partition coefficient (Wildman–Crippen LogP) is 2.30. The average Bonchev–Trinajstić information content (AvgIpc) is 2.66. The summed E-state index contributed by atoms with van der Waals surface area (Å²) in [6.07, 6.45) is 9.00. The minimum atomic E-state index is 0.198. The minimum absolute atomic E-state index is 0.198. The number of hydrogen-bond acceptors (Lipinski definition) is 5. The molecule has 1 fully saturated rings. The molecule has 1 amide bonds. The second-order valence-corrected chi connectivity index (χ2v) is 7.91. The standard InChI is InChI=1S/C20H35N5O/c1-6-16-13-21-20(22-14-16)25(5)15-17-7-9-18(10-8-17)19(26)24(4)12-11-23(2)3/h13-14,17-18H,6-12,15H2,1-5H3. The van der Waals surface area contributed by atoms with Crippen molar-refractivity contribution < 1.29 is 4.79 Å². The van der Waals surface area contributed by atoms with E-state index in [-0.39, 0.29) is 5.92 Å². The number of likely N-dealkylation sites (N-methyl/N-ethyl adjacent to an activating group) is 2. The minimum Gasteiger partial charge on any atom is -0.344 e. The van der Waals surface area contributed by atoms with E-state index in [1.54, 1.807) is 0 Å². The quantitative estimate of drug-likeness (QED) is 0.711. The maximum atomic E-state index is 12.6. The Labute approximate surface area is 158 Å². The van der Waals surface area contributed by atoms with E-state index in [2.05, 4.69) is 33.7 Å². The molecule has 0 N–H and O–H groups in total. The van der Waals surface area contributed by atoms with Gasteiger partial charge in [0.25, 0.3) is 0 Å². The molecule has 0 atom stereocenters. The molecule has 1 aliphatic carbocycles. The smallest absolute Gasteiger partial charge is 0.225 e. The van der Waals surface area contributed by atoms with Crippen LogP contribution in [0.2, 0.25) is 0 Å². The number of nitrogens with zero attached hydrogens (tertiary/aromatic N) is 5. The fourth-order valence-corrected chi connectivity index (χ4v) is 3.56. The first-order valence-corrected chi connectivity index (χ1v) is 9.82. The van der Waals surface area contributed by atoms with Crippen LogP contribution in [0.5, 0.6) is 0 Å². The average molecular weight is 362 g/mol. The van der Waals surface area contributed by atoms with E-state index in [1.165, 1.54) is 5.56 Å². The fraction of sp³-hybridized carbons (Fsp3) is 0.750. The van der Waals surface area contributed by atoms with Gasteiger partial charge in [-0.1, -0.05) is 6.92 Å². The van der Waals surface area contributed by atoms with Crippen LogP contribution in [0.25, 0.3) is 0 Å². The Morgan fingerprint density at radius 2 is 1.65 bits per heavy atom. The lowest BCUT2D eigenvalue weighted by Gasteiger charge is -2.32. The maximum absolute atomic E-state index is 12.6. The topological polar surface area (TPSA) is 52.6 Å². The third-order valence-electron chi connectivity index (χ3n) is 5.43. The molecule has 0 aliphatic heterocycles. The molecule has 6 heteroatoms. The second-order valence-electron chi connectivity index (χ2n) is 7.91. The predicted molar refractivity (Wildman–Crippen MR) is 106 cm³/mol. The molecule has 0 aromatic carbocycles. The molecule has 0 saturated heterocycles. The van der Waals surface area contributed by atoms with E-state index < -0.39 is 0 Å². The summed E-state index contributed by atoms with van der Waals surface area (Å²) < 4.78 is 0. The Hall–Kier alpha value is -1.69. The summed E-state index contributed by atoms with van der Waals surface area (Å²) in [6.45, 7) is 4.79. The zero-order chi connectivity index (χ0) is 19.1. The number of hydrogen-bond donors (Lipinski definition) is 0. The molecule has 0 bridgehead atoms. The highest BCUT2D eigenvalue weighted by atomic mass is 16.2. The van der Waals surface area contributed by atoms with Gasteiger partial charge in [-0.25, -0.2) is 9.97 Å². The Morgan fingerprint density at radius 3 is 2.19 bits per heavy atom. The maximum Gasteiger partial charge on any atom is 0.225 e. The van der Waals surface area contributed by atoms with Crippen molar-refractivity contribution in [2.24, 2.45) is 11.8 Å². The molecule has 146 valence electrons. The van der Waals surface area contributed by atoms with E-state index in [1.807, 2.05) is 38.4 Å². The molecule has 0 radical (unpaired) electrons. The van der Waals surface area contributed by atoms with Crippen molar-refractivity contribution in [1.82, 2.24) is 19.8 Å². The third kappa shape index (κ3) is 5.94. The number of aromatic nitrogens is 2. The van der Waals surface area contributed by atoms with Crippen molar-refractivity contribution in [2.45, 2.75) is 39.0 Å². The fourth-order valence-electron chi connectivity index (χ4n) is 3.56. The Bertz CT molecular complexity index is 552. The molecule has 1 aromatic heterocycles. The van der Waals surface area contributed by atoms with Crippen LogP contribution < -0.4 is 4.90 Å². The van der Waals surface area contributed by atoms with Crippen molar-refractivity contribution in [3.8, 4) is 0 Å². The molecular formula is C20H35N5O. The largest absolute Gasteiger partial charge is 0.344 e. The first kappa shape index (κ1) is 20.6. The summed E-state index contributed by atoms with van der Waals surface area (Å²) in [5.74, 6) is 1.93. The summed E-state index contributed by atoms with van der Waals surface area (Å²) in [5.41, 5.74) is 1.17. The first-order valence-electron chi connectivity index (χ1n) is 9.82. The van der Waals surface area contributed by atoms with Crippen LogP contribution in [0.4, 0.5) is 5.95 Å². The lowest BCUT2D eigenvalue weighted by molar-refractivity contribution is -0.135. The summed E-state index contributed by atoms with van der Waals surface area (Å²) in [7, 11) is 8.08. The molecule has 1 aliphatic rings. The first-order chi connectivity index (χ1) is 12.4. The molecule has 6 nitrogen and oxygen atoms in total. The molecule has 0 spiro atoms. The van der Waals surface area contributed by atoms with E-state index in [4.69, 9.17) is 0 Å². The second kappa shape index (κ2) is 9.86. The number of aryl methyl sites for hydroxylation is 1. The van der Waals surface area contributed by atoms with Gasteiger partial charge in [0.2, 0.25) is 11.9 Å². The van der Waals surface area contributed by atoms with Gasteiger partial charge in [0.05, 0.1) is 0 Å². The van der Waals surface area contributed by atoms with Gasteiger partial charge in [-0.2, -0.15) is 0 Å². The zero-order valence-corrected chi connectivity index (χ0v) is 17.1. The summed E-state index contributed by atoms with van der Waals surface area (Å²) in [4.78, 5) is 27.7. The molecule has 0 unspecified atom stereocenters. The monoisotopic (exact) mass is 361 g/mol. The van der Waals surface area contributed by atoms with Crippen molar-refractivity contribution >= 4 is 11.9 Å². The lowest BCUT2D eigenvalue weighted by atomic mass is 9.81. The zero-order valence-electron chi connectivity index (χ0n) is 17.1. The van der Waals surface area contributed by atoms with Gasteiger partial charge < -0.3 is 14.7 Å². The number of amides is 1. The van der Waals surface area contributed by atoms with Gasteiger partial charge in [-0.3, -0.25) is 4.79 Å². The third-order valence-corrected chi connectivity index (χ3v) is 5.43. The SMILES string of the molecule is CCc1cnc(N(C)CC2CCC(C(=O)N(C)CCN(C)C)CC2)nc1. The van der Waals surface area contributed by atoms with Gasteiger partial charge in [-0.15, -0.1) is 0 Å². The van der Waals surface area contributed by atoms with Crippen molar-refractivity contribution in [3.63, 3.8) is 0 Å². The molecular weight excluding hydrogens is 326 g/mol. The van der Waals surface area contributed by atoms with Crippen LogP contribution in [0.3, 0.4) is 0 Å². The van der Waals surface area contributed by atoms with Crippen molar-refractivity contribution in [2.75, 3.05) is 52.7 Å². The van der Waals surface area contributed by atoms with Crippen LogP contribution in [0.15, 0.2) is 12.4 Å². The van der Waals surface area contributed by atoms with Crippen molar-refractivity contribution in [1.29, 1.82) is 0 Å². The van der Waals surface area contributed by atoms with E-state index >= 15 is 0 Å². The van der Waals surface area contributed by atoms with E-state index in [9.17, 15) is 4.79 Å². The van der Waals surface area contributed by atoms with Crippen molar-refractivity contribution in [3.05, 3.63) is 18.0 Å². The highest BCUT2D eigenvalue weighted by molar-refractivity contribution is 5.78. The summed E-state index contributed by atoms with van der Waals surface area (Å²) >= 11 is 0. The van der Waals surface area contributed by atoms with Gasteiger partial charge >= 0.3 is 0 Å². The van der Waals surface area contributed by atoms with Crippen LogP contribution in [-0.4, -0.2) is 73.5 Å². The van der Waals surface area contributed by atoms with E-state index in [0.29, 0.717) is 11.8 Å².